The Hall–Kier alpha value is -0.600. The Balaban J connectivity index is 2.14. The summed E-state index contributed by atoms with van der Waals surface area (Å²) in [4.78, 5) is 0. The molecule has 1 N–H and O–H groups in total. The minimum atomic E-state index is -0.356. The third-order valence-electron chi connectivity index (χ3n) is 7.18. The van der Waals surface area contributed by atoms with Crippen molar-refractivity contribution in [3.05, 3.63) is 24.3 Å². The lowest BCUT2D eigenvalue weighted by molar-refractivity contribution is -0.198. The summed E-state index contributed by atoms with van der Waals surface area (Å²) in [5, 5.41) is 10.9. The molecule has 22 heavy (non-hydrogen) atoms. The van der Waals surface area contributed by atoms with Crippen LogP contribution in [0, 0.1) is 16.7 Å². The summed E-state index contributed by atoms with van der Waals surface area (Å²) in [6.07, 6.45) is 9.28. The molecule has 5 atom stereocenters. The predicted octanol–water partition coefficient (Wildman–Crippen LogP) is 4.63. The predicted molar refractivity (Wildman–Crippen MR) is 90.6 cm³/mol. The first kappa shape index (κ1) is 16.3. The van der Waals surface area contributed by atoms with E-state index in [-0.39, 0.29) is 34.1 Å². The van der Waals surface area contributed by atoms with E-state index in [1.165, 1.54) is 18.4 Å². The van der Waals surface area contributed by atoms with Crippen LogP contribution in [0.3, 0.4) is 0 Å². The Morgan fingerprint density at radius 2 is 1.86 bits per heavy atom. The third-order valence-corrected chi connectivity index (χ3v) is 7.18. The number of hydrogen-bond acceptors (Lipinski definition) is 2. The monoisotopic (exact) mass is 304 g/mol. The standard InChI is InChI=1S/C20H32O2/c1-7-18(5)11-12-20(22-18)14(2)13-15(21)16-17(3,4)9-8-10-19(16,20)6/h7,13,15-16,21H,1,8-12H2,2-6H3. The van der Waals surface area contributed by atoms with Crippen molar-refractivity contribution in [1.82, 2.24) is 0 Å². The van der Waals surface area contributed by atoms with Crippen LogP contribution in [0.5, 0.6) is 0 Å². The molecule has 1 spiro atoms. The van der Waals surface area contributed by atoms with Crippen molar-refractivity contribution in [3.63, 3.8) is 0 Å². The molecule has 0 amide bonds. The van der Waals surface area contributed by atoms with Gasteiger partial charge in [0.05, 0.1) is 17.3 Å². The van der Waals surface area contributed by atoms with Crippen molar-refractivity contribution >= 4 is 0 Å². The summed E-state index contributed by atoms with van der Waals surface area (Å²) >= 11 is 0. The first-order valence-corrected chi connectivity index (χ1v) is 8.81. The molecule has 124 valence electrons. The minimum Gasteiger partial charge on any atom is -0.389 e. The summed E-state index contributed by atoms with van der Waals surface area (Å²) < 4.78 is 6.76. The number of aliphatic hydroxyl groups is 1. The molecule has 0 aromatic heterocycles. The van der Waals surface area contributed by atoms with Crippen molar-refractivity contribution < 1.29 is 9.84 Å². The van der Waals surface area contributed by atoms with Crippen LogP contribution in [0.15, 0.2) is 24.3 Å². The van der Waals surface area contributed by atoms with Crippen LogP contribution in [0.4, 0.5) is 0 Å². The second-order valence-corrected chi connectivity index (χ2v) is 9.02. The van der Waals surface area contributed by atoms with Gasteiger partial charge in [-0.2, -0.15) is 0 Å². The number of hydrogen-bond donors (Lipinski definition) is 1. The van der Waals surface area contributed by atoms with Crippen LogP contribution in [0.1, 0.15) is 66.7 Å². The quantitative estimate of drug-likeness (QED) is 0.715. The summed E-state index contributed by atoms with van der Waals surface area (Å²) in [5.41, 5.74) is 0.882. The molecule has 0 radical (unpaired) electrons. The Labute approximate surface area is 135 Å². The molecule has 0 aromatic carbocycles. The second-order valence-electron chi connectivity index (χ2n) is 9.02. The summed E-state index contributed by atoms with van der Waals surface area (Å²) in [5.74, 6) is 0.254. The van der Waals surface area contributed by atoms with Crippen LogP contribution in [0.2, 0.25) is 0 Å². The van der Waals surface area contributed by atoms with Gasteiger partial charge in [-0.25, -0.2) is 0 Å². The highest BCUT2D eigenvalue weighted by Crippen LogP contribution is 2.66. The second kappa shape index (κ2) is 4.70. The fraction of sp³-hybridized carbons (Fsp3) is 0.800. The van der Waals surface area contributed by atoms with Crippen molar-refractivity contribution in [2.45, 2.75) is 84.0 Å². The van der Waals surface area contributed by atoms with Crippen molar-refractivity contribution in [2.24, 2.45) is 16.7 Å². The Morgan fingerprint density at radius 3 is 2.45 bits per heavy atom. The lowest BCUT2D eigenvalue weighted by atomic mass is 9.46. The highest BCUT2D eigenvalue weighted by Gasteiger charge is 2.66. The summed E-state index contributed by atoms with van der Waals surface area (Å²) in [6.45, 7) is 15.3. The Bertz CT molecular complexity index is 520. The van der Waals surface area contributed by atoms with Crippen LogP contribution in [0.25, 0.3) is 0 Å². The molecule has 2 aliphatic carbocycles. The van der Waals surface area contributed by atoms with E-state index < -0.39 is 0 Å². The fourth-order valence-electron chi connectivity index (χ4n) is 6.06. The van der Waals surface area contributed by atoms with Gasteiger partial charge in [-0.05, 0) is 50.5 Å². The van der Waals surface area contributed by atoms with E-state index in [1.807, 2.05) is 6.08 Å². The van der Waals surface area contributed by atoms with Gasteiger partial charge >= 0.3 is 0 Å². The van der Waals surface area contributed by atoms with Gasteiger partial charge in [0.25, 0.3) is 0 Å². The smallest absolute Gasteiger partial charge is 0.0959 e. The minimum absolute atomic E-state index is 0.00618. The van der Waals surface area contributed by atoms with Gasteiger partial charge in [0, 0.05) is 11.3 Å². The molecule has 0 aromatic rings. The highest BCUT2D eigenvalue weighted by atomic mass is 16.5. The molecule has 3 rings (SSSR count). The third kappa shape index (κ3) is 1.93. The maximum atomic E-state index is 10.9. The molecular formula is C20H32O2. The number of rotatable bonds is 1. The molecular weight excluding hydrogens is 272 g/mol. The average molecular weight is 304 g/mol. The Kier molecular flexibility index (Phi) is 3.48. The van der Waals surface area contributed by atoms with E-state index >= 15 is 0 Å². The van der Waals surface area contributed by atoms with Gasteiger partial charge in [0.15, 0.2) is 0 Å². The van der Waals surface area contributed by atoms with Crippen LogP contribution >= 0.6 is 0 Å². The van der Waals surface area contributed by atoms with Crippen molar-refractivity contribution in [3.8, 4) is 0 Å². The van der Waals surface area contributed by atoms with Gasteiger partial charge < -0.3 is 9.84 Å². The molecule has 1 saturated carbocycles. The van der Waals surface area contributed by atoms with Crippen LogP contribution in [-0.2, 0) is 4.74 Å². The summed E-state index contributed by atoms with van der Waals surface area (Å²) in [7, 11) is 0. The van der Waals surface area contributed by atoms with E-state index in [0.29, 0.717) is 0 Å². The Morgan fingerprint density at radius 1 is 1.18 bits per heavy atom. The zero-order valence-corrected chi connectivity index (χ0v) is 14.9. The molecule has 5 unspecified atom stereocenters. The molecule has 2 heteroatoms. The van der Waals surface area contributed by atoms with E-state index in [1.54, 1.807) is 0 Å². The van der Waals surface area contributed by atoms with Gasteiger partial charge in [-0.3, -0.25) is 0 Å². The molecule has 0 bridgehead atoms. The normalized spacial score (nSPS) is 50.5. The molecule has 2 fully saturated rings. The molecule has 1 aliphatic heterocycles. The molecule has 2 nitrogen and oxygen atoms in total. The zero-order valence-electron chi connectivity index (χ0n) is 14.9. The van der Waals surface area contributed by atoms with Crippen LogP contribution < -0.4 is 0 Å². The number of ether oxygens (including phenoxy) is 1. The topological polar surface area (TPSA) is 29.5 Å². The number of fused-ring (bicyclic) bond motifs is 2. The maximum Gasteiger partial charge on any atom is 0.0959 e. The van der Waals surface area contributed by atoms with Crippen molar-refractivity contribution in [1.29, 1.82) is 0 Å². The van der Waals surface area contributed by atoms with Crippen molar-refractivity contribution in [2.75, 3.05) is 0 Å². The largest absolute Gasteiger partial charge is 0.389 e. The van der Waals surface area contributed by atoms with E-state index in [9.17, 15) is 5.11 Å². The van der Waals surface area contributed by atoms with E-state index in [4.69, 9.17) is 4.74 Å². The number of aliphatic hydroxyl groups excluding tert-OH is 1. The fourth-order valence-corrected chi connectivity index (χ4v) is 6.06. The molecule has 1 heterocycles. The van der Waals surface area contributed by atoms with E-state index in [0.717, 1.165) is 19.3 Å². The lowest BCUT2D eigenvalue weighted by Gasteiger charge is -2.62. The van der Waals surface area contributed by atoms with Gasteiger partial charge in [-0.15, -0.1) is 6.58 Å². The first-order valence-electron chi connectivity index (χ1n) is 8.81. The van der Waals surface area contributed by atoms with Gasteiger partial charge in [0.2, 0.25) is 0 Å². The van der Waals surface area contributed by atoms with Gasteiger partial charge in [-0.1, -0.05) is 39.3 Å². The maximum absolute atomic E-state index is 10.9. The van der Waals surface area contributed by atoms with E-state index in [2.05, 4.69) is 47.3 Å². The van der Waals surface area contributed by atoms with Gasteiger partial charge in [0.1, 0.15) is 0 Å². The van der Waals surface area contributed by atoms with Crippen LogP contribution in [-0.4, -0.2) is 22.4 Å². The lowest BCUT2D eigenvalue weighted by Crippen LogP contribution is -2.63. The SMILES string of the molecule is C=CC1(C)CCC2(O1)C(C)=CC(O)C1C(C)(C)CCCC12C. The first-order chi connectivity index (χ1) is 10.1. The zero-order chi connectivity index (χ0) is 16.4. The molecule has 3 aliphatic rings. The highest BCUT2D eigenvalue weighted by molar-refractivity contribution is 5.33. The summed E-state index contributed by atoms with van der Waals surface area (Å²) in [6, 6.07) is 0. The molecule has 1 saturated heterocycles. The average Bonchev–Trinajstić information content (AvgIpc) is 2.77.